The first-order chi connectivity index (χ1) is 12.6. The van der Waals surface area contributed by atoms with E-state index in [0.717, 1.165) is 0 Å². The number of anilines is 1. The van der Waals surface area contributed by atoms with Gasteiger partial charge in [-0.2, -0.15) is 4.39 Å². The second kappa shape index (κ2) is 5.25. The molecule has 3 amide bonds. The van der Waals surface area contributed by atoms with Crippen LogP contribution in [0.5, 0.6) is 11.5 Å². The molecular formula is C13H12FN3O11. The first-order valence-electron chi connectivity index (χ1n) is 7.16. The van der Waals surface area contributed by atoms with E-state index in [1.807, 2.05) is 0 Å². The Balaban J connectivity index is 2.29. The van der Waals surface area contributed by atoms with Crippen molar-refractivity contribution in [2.45, 2.75) is 23.5 Å². The molecule has 15 heteroatoms. The Morgan fingerprint density at radius 3 is 2.07 bits per heavy atom. The molecule has 3 rings (SSSR count). The minimum atomic E-state index is -4.22. The monoisotopic (exact) mass is 405 g/mol. The number of imide groups is 1. The number of benzene rings is 1. The molecular weight excluding hydrogens is 393 g/mol. The molecule has 0 aromatic heterocycles. The maximum atomic E-state index is 13.8. The molecule has 0 bridgehead atoms. The summed E-state index contributed by atoms with van der Waals surface area (Å²) in [4.78, 5) is 35.6. The molecule has 1 aromatic carbocycles. The van der Waals surface area contributed by atoms with Gasteiger partial charge in [0.1, 0.15) is 0 Å². The van der Waals surface area contributed by atoms with Crippen molar-refractivity contribution in [3.05, 3.63) is 16.9 Å². The van der Waals surface area contributed by atoms with Gasteiger partial charge in [-0.15, -0.1) is 0 Å². The predicted molar refractivity (Wildman–Crippen MR) is 77.7 cm³/mol. The number of hydrogen-bond donors (Lipinski definition) is 10. The quantitative estimate of drug-likeness (QED) is 0.0691. The predicted octanol–water partition coefficient (Wildman–Crippen LogP) is -5.24. The molecule has 1 aromatic rings. The maximum Gasteiger partial charge on any atom is 0.303 e. The van der Waals surface area contributed by atoms with Crippen LogP contribution >= 0.6 is 0 Å². The van der Waals surface area contributed by atoms with Gasteiger partial charge in [-0.1, -0.05) is 0 Å². The SMILES string of the molecule is Nc1c(O)c(F)c(O)c2c1C(O)(O)N(C1C(=O)NC(=O)C(O)(O)C1(O)O)C2=O. The molecule has 1 unspecified atom stereocenters. The molecule has 0 radical (unpaired) electrons. The van der Waals surface area contributed by atoms with Crippen molar-refractivity contribution in [1.82, 2.24) is 10.2 Å². The van der Waals surface area contributed by atoms with E-state index in [-0.39, 0.29) is 0 Å². The van der Waals surface area contributed by atoms with Gasteiger partial charge in [0.15, 0.2) is 17.5 Å². The standard InChI is InChI=1S/C13H12FN3O11/c14-3-5(18)1-2(4(15)6(3)19)13(27,28)17(9(1)21)7-8(20)16-10(22)12(25,26)11(7,23)24/h7,18-19,23-28H,15H2,(H,16,20,22). The van der Waals surface area contributed by atoms with Gasteiger partial charge in [0.2, 0.25) is 5.82 Å². The topological polar surface area (TPSA) is 254 Å². The lowest BCUT2D eigenvalue weighted by molar-refractivity contribution is -0.373. The zero-order valence-electron chi connectivity index (χ0n) is 13.3. The van der Waals surface area contributed by atoms with Crippen molar-refractivity contribution in [2.24, 2.45) is 0 Å². The number of nitrogens with one attached hydrogen (secondary N) is 1. The molecule has 11 N–H and O–H groups in total. The number of hydrogen-bond acceptors (Lipinski definition) is 12. The summed E-state index contributed by atoms with van der Waals surface area (Å²) in [5.41, 5.74) is 1.65. The molecule has 2 heterocycles. The van der Waals surface area contributed by atoms with Gasteiger partial charge in [0.25, 0.3) is 29.4 Å². The molecule has 1 fully saturated rings. The molecule has 28 heavy (non-hydrogen) atoms. The highest BCUT2D eigenvalue weighted by Gasteiger charge is 2.71. The summed E-state index contributed by atoms with van der Waals surface area (Å²) in [6, 6.07) is -3.00. The van der Waals surface area contributed by atoms with Crippen LogP contribution in [0, 0.1) is 5.82 Å². The van der Waals surface area contributed by atoms with E-state index in [9.17, 15) is 59.6 Å². The fraction of sp³-hybridized carbons (Fsp3) is 0.308. The van der Waals surface area contributed by atoms with Gasteiger partial charge in [-0.05, 0) is 0 Å². The number of rotatable bonds is 1. The first kappa shape index (κ1) is 19.7. The van der Waals surface area contributed by atoms with E-state index in [1.165, 1.54) is 5.32 Å². The second-order valence-corrected chi connectivity index (χ2v) is 6.10. The average Bonchev–Trinajstić information content (AvgIpc) is 2.77. The molecule has 152 valence electrons. The van der Waals surface area contributed by atoms with Crippen LogP contribution in [0.4, 0.5) is 10.1 Å². The van der Waals surface area contributed by atoms with Crippen molar-refractivity contribution in [1.29, 1.82) is 0 Å². The Labute approximate surface area is 152 Å². The molecule has 0 aliphatic carbocycles. The molecule has 0 saturated carbocycles. The molecule has 14 nitrogen and oxygen atoms in total. The van der Waals surface area contributed by atoms with Crippen LogP contribution in [0.2, 0.25) is 0 Å². The van der Waals surface area contributed by atoms with Crippen LogP contribution in [-0.2, 0) is 15.5 Å². The van der Waals surface area contributed by atoms with Crippen LogP contribution < -0.4 is 11.1 Å². The number of phenolic OH excluding ortho intramolecular Hbond substituents is 2. The van der Waals surface area contributed by atoms with Crippen LogP contribution in [0.15, 0.2) is 0 Å². The van der Waals surface area contributed by atoms with Crippen LogP contribution in [-0.4, -0.2) is 81.1 Å². The van der Waals surface area contributed by atoms with Crippen molar-refractivity contribution >= 4 is 23.4 Å². The Morgan fingerprint density at radius 2 is 1.54 bits per heavy atom. The zero-order chi connectivity index (χ0) is 21.6. The third kappa shape index (κ3) is 2.02. The number of halogens is 1. The Morgan fingerprint density at radius 1 is 1.00 bits per heavy atom. The first-order valence-corrected chi connectivity index (χ1v) is 7.16. The smallest absolute Gasteiger partial charge is 0.303 e. The van der Waals surface area contributed by atoms with Crippen molar-refractivity contribution in [3.63, 3.8) is 0 Å². The number of aromatic hydroxyl groups is 2. The number of aliphatic hydroxyl groups is 6. The van der Waals surface area contributed by atoms with Crippen LogP contribution in [0.1, 0.15) is 15.9 Å². The molecule has 1 saturated heterocycles. The number of carbonyl (C=O) groups is 3. The summed E-state index contributed by atoms with van der Waals surface area (Å²) >= 11 is 0. The number of nitrogen functional groups attached to an aromatic ring is 1. The van der Waals surface area contributed by atoms with Gasteiger partial charge in [-0.3, -0.25) is 24.6 Å². The highest BCUT2D eigenvalue weighted by atomic mass is 19.1. The van der Waals surface area contributed by atoms with Crippen molar-refractivity contribution in [3.8, 4) is 11.5 Å². The molecule has 1 atom stereocenters. The number of nitrogens with two attached hydrogens (primary N) is 1. The van der Waals surface area contributed by atoms with Crippen LogP contribution in [0.3, 0.4) is 0 Å². The summed E-state index contributed by atoms with van der Waals surface area (Å²) in [6.45, 7) is 0. The minimum absolute atomic E-state index is 0.504. The molecule has 2 aliphatic rings. The van der Waals surface area contributed by atoms with Gasteiger partial charge >= 0.3 is 5.79 Å². The largest absolute Gasteiger partial charge is 0.504 e. The van der Waals surface area contributed by atoms with E-state index in [1.54, 1.807) is 0 Å². The van der Waals surface area contributed by atoms with Gasteiger partial charge in [0.05, 0.1) is 16.8 Å². The van der Waals surface area contributed by atoms with E-state index in [0.29, 0.717) is 0 Å². The van der Waals surface area contributed by atoms with E-state index in [2.05, 4.69) is 0 Å². The lowest BCUT2D eigenvalue weighted by Crippen LogP contribution is -2.80. The Hall–Kier alpha value is -3.08. The summed E-state index contributed by atoms with van der Waals surface area (Å²) in [5, 5.41) is 80.3. The summed E-state index contributed by atoms with van der Waals surface area (Å²) in [5.74, 6) is -22.8. The minimum Gasteiger partial charge on any atom is -0.504 e. The fourth-order valence-corrected chi connectivity index (χ4v) is 3.05. The Kier molecular flexibility index (Phi) is 3.69. The number of amides is 3. The lowest BCUT2D eigenvalue weighted by atomic mass is 9.90. The van der Waals surface area contributed by atoms with Gasteiger partial charge in [-0.25, -0.2) is 0 Å². The van der Waals surface area contributed by atoms with Gasteiger partial charge < -0.3 is 46.6 Å². The lowest BCUT2D eigenvalue weighted by Gasteiger charge is -2.47. The second-order valence-electron chi connectivity index (χ2n) is 6.10. The highest BCUT2D eigenvalue weighted by molar-refractivity contribution is 6.10. The van der Waals surface area contributed by atoms with Crippen molar-refractivity contribution in [2.75, 3.05) is 5.73 Å². The number of piperidine rings is 1. The molecule has 2 aliphatic heterocycles. The third-order valence-corrected chi connectivity index (χ3v) is 4.49. The van der Waals surface area contributed by atoms with Crippen LogP contribution in [0.25, 0.3) is 0 Å². The highest BCUT2D eigenvalue weighted by Crippen LogP contribution is 2.50. The zero-order valence-corrected chi connectivity index (χ0v) is 13.3. The van der Waals surface area contributed by atoms with E-state index < -0.39 is 80.3 Å². The summed E-state index contributed by atoms with van der Waals surface area (Å²) in [7, 11) is 0. The fourth-order valence-electron chi connectivity index (χ4n) is 3.05. The van der Waals surface area contributed by atoms with E-state index in [4.69, 9.17) is 5.73 Å². The number of phenols is 2. The normalized spacial score (nSPS) is 24.9. The summed E-state index contributed by atoms with van der Waals surface area (Å²) in [6.07, 6.45) is 0. The van der Waals surface area contributed by atoms with Crippen molar-refractivity contribution < 1.29 is 59.6 Å². The number of carbonyl (C=O) groups excluding carboxylic acids is 3. The average molecular weight is 405 g/mol. The van der Waals surface area contributed by atoms with Gasteiger partial charge in [0, 0.05) is 0 Å². The Bertz CT molecular complexity index is 958. The summed E-state index contributed by atoms with van der Waals surface area (Å²) < 4.78 is 13.8. The molecule has 0 spiro atoms. The number of fused-ring (bicyclic) bond motifs is 1. The van der Waals surface area contributed by atoms with E-state index >= 15 is 0 Å². The maximum absolute atomic E-state index is 13.8. The third-order valence-electron chi connectivity index (χ3n) is 4.49. The number of nitrogens with zero attached hydrogens (tertiary/aromatic N) is 1.